The zero-order valence-corrected chi connectivity index (χ0v) is 47.1. The van der Waals surface area contributed by atoms with E-state index >= 15 is 0 Å². The van der Waals surface area contributed by atoms with E-state index in [4.69, 9.17) is 8.22 Å². The monoisotopic (exact) mass is 1010 g/mol. The van der Waals surface area contributed by atoms with Crippen molar-refractivity contribution in [2.75, 3.05) is 14.7 Å². The van der Waals surface area contributed by atoms with Gasteiger partial charge in [0.15, 0.2) is 0 Å². The second-order valence-corrected chi connectivity index (χ2v) is 26.0. The number of fused-ring (bicyclic) bond motifs is 7. The maximum Gasteiger partial charge on any atom is 0.252 e. The molecule has 384 valence electrons. The van der Waals surface area contributed by atoms with Crippen LogP contribution in [0.15, 0.2) is 194 Å². The number of anilines is 9. The summed E-state index contributed by atoms with van der Waals surface area (Å²) < 4.78 is 90.9. The standard InChI is InChI=1S/C73H74BN3/c1-69(2,3)48-31-29-47(30-32-48)58-41-49(70(4,5)6)33-39-63(58)77-64-40-34-50(71(7,8)9)42-62(64)74-61-38-36-55(75(52-23-17-15-18-24-52)53-25-19-16-20-26-53)46-65(61)76(66-43-51(72(10,11)12)44-67(77)68(66)74)54-35-37-57-56-27-21-22-28-59(56)73(13,14)60(57)45-54/h15-46H,1-14H3/i15D,16D,17D,18D,19D,20D,23D,24D,25D,26D. The van der Waals surface area contributed by atoms with Crippen LogP contribution >= 0.6 is 0 Å². The van der Waals surface area contributed by atoms with E-state index in [0.717, 1.165) is 78.2 Å². The third kappa shape index (κ3) is 8.42. The Morgan fingerprint density at radius 1 is 0.403 bits per heavy atom. The highest BCUT2D eigenvalue weighted by molar-refractivity contribution is 7.00. The predicted octanol–water partition coefficient (Wildman–Crippen LogP) is 18.4. The lowest BCUT2D eigenvalue weighted by Gasteiger charge is -2.46. The summed E-state index contributed by atoms with van der Waals surface area (Å²) in [5.41, 5.74) is 18.4. The van der Waals surface area contributed by atoms with E-state index in [-0.39, 0.29) is 38.7 Å². The minimum Gasteiger partial charge on any atom is -0.311 e. The average Bonchev–Trinajstić information content (AvgIpc) is 0.864. The van der Waals surface area contributed by atoms with Crippen LogP contribution in [-0.2, 0) is 27.1 Å². The highest BCUT2D eigenvalue weighted by Gasteiger charge is 2.46. The zero-order chi connectivity index (χ0) is 62.8. The lowest BCUT2D eigenvalue weighted by atomic mass is 9.33. The molecule has 0 atom stereocenters. The molecule has 0 saturated carbocycles. The van der Waals surface area contributed by atoms with Gasteiger partial charge in [-0.2, -0.15) is 0 Å². The molecule has 77 heavy (non-hydrogen) atoms. The summed E-state index contributed by atoms with van der Waals surface area (Å²) in [6, 6.07) is 42.5. The second kappa shape index (κ2) is 17.7. The van der Waals surface area contributed by atoms with Crippen molar-refractivity contribution in [3.8, 4) is 22.3 Å². The highest BCUT2D eigenvalue weighted by Crippen LogP contribution is 2.54. The van der Waals surface area contributed by atoms with Crippen LogP contribution in [0.2, 0.25) is 0 Å². The minimum atomic E-state index is -0.628. The Labute approximate surface area is 474 Å². The van der Waals surface area contributed by atoms with E-state index in [1.165, 1.54) is 27.2 Å². The summed E-state index contributed by atoms with van der Waals surface area (Å²) in [6.07, 6.45) is 0. The molecule has 0 fully saturated rings. The van der Waals surface area contributed by atoms with Crippen molar-refractivity contribution in [3.05, 3.63) is 227 Å². The maximum atomic E-state index is 9.46. The number of hydrogen-bond donors (Lipinski definition) is 0. The Morgan fingerprint density at radius 3 is 1.56 bits per heavy atom. The highest BCUT2D eigenvalue weighted by atomic mass is 15.2. The Morgan fingerprint density at radius 2 is 0.948 bits per heavy atom. The Balaban J connectivity index is 1.23. The summed E-state index contributed by atoms with van der Waals surface area (Å²) in [5.74, 6) is 0. The smallest absolute Gasteiger partial charge is 0.252 e. The molecule has 3 aliphatic rings. The SMILES string of the molecule is [2H]c1c([2H])c([2H])c(N(c2ccc3c(c2)N(c2ccc4c(c2)C(C)(C)c2ccccc2-4)c2cc(C(C)(C)C)cc4c2B3c2cc(C(C)(C)C)ccc2N4c2ccc(C(C)(C)C)cc2-c2ccc(C(C)(C)C)cc2)c2c([2H])c([2H])c([2H])c([2H])c2[2H])c([2H])c1[2H]. The summed E-state index contributed by atoms with van der Waals surface area (Å²) in [5, 5.41) is 0. The van der Waals surface area contributed by atoms with Gasteiger partial charge in [0.05, 0.1) is 19.4 Å². The van der Waals surface area contributed by atoms with Gasteiger partial charge in [-0.1, -0.05) is 212 Å². The van der Waals surface area contributed by atoms with Crippen LogP contribution in [0.1, 0.15) is 144 Å². The van der Waals surface area contributed by atoms with E-state index in [0.29, 0.717) is 5.69 Å². The van der Waals surface area contributed by atoms with Gasteiger partial charge in [0.2, 0.25) is 0 Å². The first-order valence-electron chi connectivity index (χ1n) is 32.1. The lowest BCUT2D eigenvalue weighted by molar-refractivity contribution is 0.589. The molecule has 2 heterocycles. The van der Waals surface area contributed by atoms with Crippen LogP contribution in [0.3, 0.4) is 0 Å². The number of rotatable bonds is 6. The van der Waals surface area contributed by atoms with Crippen molar-refractivity contribution in [2.45, 2.75) is 124 Å². The molecule has 1 aliphatic carbocycles. The van der Waals surface area contributed by atoms with Crippen LogP contribution in [0.5, 0.6) is 0 Å². The van der Waals surface area contributed by atoms with Crippen LogP contribution in [0.25, 0.3) is 22.3 Å². The fraction of sp³-hybridized carbons (Fsp3) is 0.260. The van der Waals surface area contributed by atoms with Crippen LogP contribution < -0.4 is 31.1 Å². The molecular weight excluding hydrogens is 930 g/mol. The van der Waals surface area contributed by atoms with Gasteiger partial charge < -0.3 is 14.7 Å². The van der Waals surface area contributed by atoms with Crippen molar-refractivity contribution >= 4 is 74.3 Å². The molecule has 0 spiro atoms. The van der Waals surface area contributed by atoms with Gasteiger partial charge in [0, 0.05) is 56.5 Å². The summed E-state index contributed by atoms with van der Waals surface area (Å²) in [7, 11) is 0. The van der Waals surface area contributed by atoms with Crippen molar-refractivity contribution in [3.63, 3.8) is 0 Å². The molecule has 9 aromatic rings. The van der Waals surface area contributed by atoms with Crippen LogP contribution in [-0.4, -0.2) is 6.71 Å². The van der Waals surface area contributed by atoms with Gasteiger partial charge in [0.25, 0.3) is 6.71 Å². The number of hydrogen-bond acceptors (Lipinski definition) is 3. The molecule has 0 bridgehead atoms. The predicted molar refractivity (Wildman–Crippen MR) is 333 cm³/mol. The molecule has 3 nitrogen and oxygen atoms in total. The molecule has 12 rings (SSSR count). The minimum absolute atomic E-state index is 0.0493. The topological polar surface area (TPSA) is 9.72 Å². The van der Waals surface area contributed by atoms with E-state index in [2.05, 4.69) is 222 Å². The van der Waals surface area contributed by atoms with Crippen LogP contribution in [0, 0.1) is 0 Å². The molecule has 0 radical (unpaired) electrons. The van der Waals surface area contributed by atoms with Crippen molar-refractivity contribution in [2.24, 2.45) is 0 Å². The fourth-order valence-electron chi connectivity index (χ4n) is 12.1. The van der Waals surface area contributed by atoms with E-state index in [9.17, 15) is 5.48 Å². The fourth-order valence-corrected chi connectivity index (χ4v) is 12.1. The Bertz CT molecular complexity index is 4260. The first-order chi connectivity index (χ1) is 40.6. The average molecular weight is 1010 g/mol. The molecular formula is C73H74BN3. The van der Waals surface area contributed by atoms with E-state index < -0.39 is 72.6 Å². The van der Waals surface area contributed by atoms with Gasteiger partial charge in [-0.3, -0.25) is 0 Å². The van der Waals surface area contributed by atoms with Crippen LogP contribution in [0.4, 0.5) is 51.2 Å². The third-order valence-electron chi connectivity index (χ3n) is 16.5. The van der Waals surface area contributed by atoms with Crippen molar-refractivity contribution in [1.29, 1.82) is 0 Å². The molecule has 9 aromatic carbocycles. The Kier molecular flexibility index (Phi) is 9.17. The number of para-hydroxylation sites is 2. The van der Waals surface area contributed by atoms with Gasteiger partial charge in [0.1, 0.15) is 0 Å². The second-order valence-electron chi connectivity index (χ2n) is 26.0. The van der Waals surface area contributed by atoms with E-state index in [1.807, 2.05) is 12.1 Å². The molecule has 0 aromatic heterocycles. The molecule has 2 aliphatic heterocycles. The normalized spacial score (nSPS) is 16.2. The summed E-state index contributed by atoms with van der Waals surface area (Å²) in [4.78, 5) is 6.07. The van der Waals surface area contributed by atoms with Gasteiger partial charge in [-0.25, -0.2) is 0 Å². The van der Waals surface area contributed by atoms with Gasteiger partial charge in [-0.15, -0.1) is 0 Å². The van der Waals surface area contributed by atoms with Gasteiger partial charge >= 0.3 is 0 Å². The molecule has 0 unspecified atom stereocenters. The zero-order valence-electron chi connectivity index (χ0n) is 57.1. The summed E-state index contributed by atoms with van der Waals surface area (Å²) in [6.45, 7) is 31.0. The maximum absolute atomic E-state index is 9.46. The molecule has 0 saturated heterocycles. The van der Waals surface area contributed by atoms with E-state index in [1.54, 1.807) is 6.07 Å². The molecule has 0 amide bonds. The summed E-state index contributed by atoms with van der Waals surface area (Å²) >= 11 is 0. The lowest BCUT2D eigenvalue weighted by Crippen LogP contribution is -2.61. The van der Waals surface area contributed by atoms with Crippen molar-refractivity contribution < 1.29 is 13.7 Å². The van der Waals surface area contributed by atoms with Crippen molar-refractivity contribution in [1.82, 2.24) is 0 Å². The first-order valence-corrected chi connectivity index (χ1v) is 27.1. The first kappa shape index (κ1) is 39.8. The number of benzene rings is 9. The number of nitrogens with zero attached hydrogens (tertiary/aromatic N) is 3. The molecule has 0 N–H and O–H groups in total. The quantitative estimate of drug-likeness (QED) is 0.154. The third-order valence-corrected chi connectivity index (χ3v) is 16.5. The largest absolute Gasteiger partial charge is 0.311 e. The van der Waals surface area contributed by atoms with Gasteiger partial charge in [-0.05, 0) is 167 Å². The Hall–Kier alpha value is -7.56. The molecule has 4 heteroatoms.